The topological polar surface area (TPSA) is 62.6 Å². The van der Waals surface area contributed by atoms with E-state index in [1.165, 1.54) is 11.1 Å². The smallest absolute Gasteiger partial charge is 0.275 e. The molecule has 0 radical (unpaired) electrons. The highest BCUT2D eigenvalue weighted by Crippen LogP contribution is 2.19. The number of hydrogen-bond donors (Lipinski definition) is 3. The largest absolute Gasteiger partial charge is 0.342 e. The highest BCUT2D eigenvalue weighted by molar-refractivity contribution is 9.10. The Morgan fingerprint density at radius 1 is 1.04 bits per heavy atom. The van der Waals surface area contributed by atoms with E-state index in [0.29, 0.717) is 6.54 Å². The molecule has 2 amide bonds. The summed E-state index contributed by atoms with van der Waals surface area (Å²) < 4.78 is 0.959. The van der Waals surface area contributed by atoms with Crippen molar-refractivity contribution >= 4 is 33.4 Å². The molecule has 0 fully saturated rings. The van der Waals surface area contributed by atoms with Crippen molar-refractivity contribution in [3.8, 4) is 0 Å². The number of likely N-dealkylation sites (N-methyl/N-ethyl adjacent to an activating group) is 1. The molecular weight excluding hydrogens is 394 g/mol. The molecule has 1 unspecified atom stereocenters. The number of benzene rings is 2. The number of nitrogens with one attached hydrogen (secondary N) is 3. The van der Waals surface area contributed by atoms with Gasteiger partial charge in [0, 0.05) is 15.7 Å². The molecule has 138 valence electrons. The molecule has 0 heterocycles. The van der Waals surface area contributed by atoms with Crippen LogP contribution >= 0.6 is 15.9 Å². The molecule has 0 aliphatic heterocycles. The molecule has 6 heteroatoms. The van der Waals surface area contributed by atoms with Crippen LogP contribution in [-0.2, 0) is 16.1 Å². The summed E-state index contributed by atoms with van der Waals surface area (Å²) in [6.45, 7) is 5.01. The number of hydrogen-bond acceptors (Lipinski definition) is 2. The predicted octanol–water partition coefficient (Wildman–Crippen LogP) is 1.84. The summed E-state index contributed by atoms with van der Waals surface area (Å²) in [7, 11) is 1.96. The normalized spacial score (nSPS) is 11.7. The first-order valence-electron chi connectivity index (χ1n) is 8.53. The lowest BCUT2D eigenvalue weighted by Crippen LogP contribution is -3.08. The minimum absolute atomic E-state index is 0.0356. The van der Waals surface area contributed by atoms with Crippen LogP contribution in [0.4, 0.5) is 5.69 Å². The van der Waals surface area contributed by atoms with Crippen molar-refractivity contribution in [3.63, 3.8) is 0 Å². The van der Waals surface area contributed by atoms with Crippen molar-refractivity contribution in [1.82, 2.24) is 5.32 Å². The van der Waals surface area contributed by atoms with Crippen molar-refractivity contribution < 1.29 is 14.5 Å². The monoisotopic (exact) mass is 418 g/mol. The standard InChI is InChI=1S/C20H24BrN3O2/c1-14-4-6-16(7-5-14)12-24(3)13-20(26)22-11-19(25)23-18-9-8-17(21)10-15(18)2/h4-10H,11-13H2,1-3H3,(H,22,26)(H,23,25)/p+1. The molecule has 0 saturated heterocycles. The van der Waals surface area contributed by atoms with Gasteiger partial charge in [0.15, 0.2) is 6.54 Å². The Hall–Kier alpha value is -2.18. The summed E-state index contributed by atoms with van der Waals surface area (Å²) in [6, 6.07) is 13.9. The van der Waals surface area contributed by atoms with Gasteiger partial charge in [-0.15, -0.1) is 0 Å². The van der Waals surface area contributed by atoms with Crippen molar-refractivity contribution in [2.24, 2.45) is 0 Å². The van der Waals surface area contributed by atoms with E-state index in [2.05, 4.69) is 57.8 Å². The zero-order chi connectivity index (χ0) is 19.1. The SMILES string of the molecule is Cc1ccc(C[NH+](C)CC(=O)NCC(=O)Nc2ccc(Br)cc2C)cc1. The van der Waals surface area contributed by atoms with Gasteiger partial charge in [0.1, 0.15) is 6.54 Å². The van der Waals surface area contributed by atoms with Crippen LogP contribution in [0.15, 0.2) is 46.9 Å². The van der Waals surface area contributed by atoms with Gasteiger partial charge in [-0.1, -0.05) is 45.8 Å². The fourth-order valence-electron chi connectivity index (χ4n) is 2.59. The molecule has 0 spiro atoms. The minimum Gasteiger partial charge on any atom is -0.342 e. The van der Waals surface area contributed by atoms with E-state index in [0.717, 1.165) is 27.2 Å². The fraction of sp³-hybridized carbons (Fsp3) is 0.300. The van der Waals surface area contributed by atoms with Crippen molar-refractivity contribution in [1.29, 1.82) is 0 Å². The van der Waals surface area contributed by atoms with Crippen LogP contribution in [0.1, 0.15) is 16.7 Å². The molecule has 0 aliphatic carbocycles. The van der Waals surface area contributed by atoms with Crippen LogP contribution < -0.4 is 15.5 Å². The second-order valence-electron chi connectivity index (χ2n) is 6.58. The summed E-state index contributed by atoms with van der Waals surface area (Å²) in [6.07, 6.45) is 0. The third-order valence-corrected chi connectivity index (χ3v) is 4.49. The van der Waals surface area contributed by atoms with E-state index >= 15 is 0 Å². The summed E-state index contributed by atoms with van der Waals surface area (Å²) in [5.41, 5.74) is 4.11. The molecule has 1 atom stereocenters. The number of rotatable bonds is 7. The first kappa shape index (κ1) is 20.1. The number of quaternary nitrogens is 1. The van der Waals surface area contributed by atoms with Gasteiger partial charge in [0.2, 0.25) is 5.91 Å². The molecule has 0 saturated carbocycles. The minimum atomic E-state index is -0.236. The average molecular weight is 419 g/mol. The number of amides is 2. The van der Waals surface area contributed by atoms with Crippen molar-refractivity contribution in [2.75, 3.05) is 25.5 Å². The molecule has 2 aromatic rings. The number of anilines is 1. The van der Waals surface area contributed by atoms with Gasteiger partial charge in [-0.25, -0.2) is 0 Å². The van der Waals surface area contributed by atoms with Gasteiger partial charge in [-0.3, -0.25) is 9.59 Å². The number of carbonyl (C=O) groups is 2. The first-order valence-corrected chi connectivity index (χ1v) is 9.32. The van der Waals surface area contributed by atoms with Crippen molar-refractivity contribution in [2.45, 2.75) is 20.4 Å². The fourth-order valence-corrected chi connectivity index (χ4v) is 3.07. The van der Waals surface area contributed by atoms with Crippen LogP contribution in [0.5, 0.6) is 0 Å². The van der Waals surface area contributed by atoms with Crippen LogP contribution in [-0.4, -0.2) is 32.0 Å². The summed E-state index contributed by atoms with van der Waals surface area (Å²) >= 11 is 3.39. The molecule has 0 aromatic heterocycles. The summed E-state index contributed by atoms with van der Waals surface area (Å²) in [4.78, 5) is 25.1. The van der Waals surface area contributed by atoms with Gasteiger partial charge in [0.25, 0.3) is 5.91 Å². The van der Waals surface area contributed by atoms with Crippen LogP contribution in [0.25, 0.3) is 0 Å². The van der Waals surface area contributed by atoms with Gasteiger partial charge in [-0.05, 0) is 37.6 Å². The van der Waals surface area contributed by atoms with E-state index < -0.39 is 0 Å². The lowest BCUT2D eigenvalue weighted by molar-refractivity contribution is -0.885. The Morgan fingerprint density at radius 3 is 2.38 bits per heavy atom. The maximum atomic E-state index is 12.0. The van der Waals surface area contributed by atoms with Crippen LogP contribution in [0.2, 0.25) is 0 Å². The lowest BCUT2D eigenvalue weighted by Gasteiger charge is -2.14. The molecular formula is C20H25BrN3O2+. The molecule has 0 aliphatic rings. The molecule has 2 rings (SSSR count). The Labute approximate surface area is 162 Å². The predicted molar refractivity (Wildman–Crippen MR) is 107 cm³/mol. The third kappa shape index (κ3) is 6.61. The highest BCUT2D eigenvalue weighted by Gasteiger charge is 2.12. The number of aryl methyl sites for hydroxylation is 2. The summed E-state index contributed by atoms with van der Waals surface area (Å²) in [5.74, 6) is -0.378. The zero-order valence-electron chi connectivity index (χ0n) is 15.4. The van der Waals surface area contributed by atoms with E-state index in [1.807, 2.05) is 32.2 Å². The van der Waals surface area contributed by atoms with E-state index in [-0.39, 0.29) is 18.4 Å². The first-order chi connectivity index (χ1) is 12.3. The lowest BCUT2D eigenvalue weighted by atomic mass is 10.1. The van der Waals surface area contributed by atoms with Gasteiger partial charge < -0.3 is 15.5 Å². The Balaban J connectivity index is 1.75. The Morgan fingerprint density at radius 2 is 1.73 bits per heavy atom. The van der Waals surface area contributed by atoms with Crippen LogP contribution in [0, 0.1) is 13.8 Å². The quantitative estimate of drug-likeness (QED) is 0.642. The molecule has 26 heavy (non-hydrogen) atoms. The Kier molecular flexibility index (Phi) is 7.36. The van der Waals surface area contributed by atoms with Crippen LogP contribution in [0.3, 0.4) is 0 Å². The zero-order valence-corrected chi connectivity index (χ0v) is 16.9. The number of halogens is 1. The third-order valence-electron chi connectivity index (χ3n) is 4.00. The van der Waals surface area contributed by atoms with Gasteiger partial charge in [0.05, 0.1) is 13.6 Å². The second-order valence-corrected chi connectivity index (χ2v) is 7.50. The molecule has 0 bridgehead atoms. The second kappa shape index (κ2) is 9.50. The average Bonchev–Trinajstić information content (AvgIpc) is 2.57. The highest BCUT2D eigenvalue weighted by atomic mass is 79.9. The van der Waals surface area contributed by atoms with E-state index in [4.69, 9.17) is 0 Å². The maximum Gasteiger partial charge on any atom is 0.275 e. The van der Waals surface area contributed by atoms with E-state index in [1.54, 1.807) is 0 Å². The van der Waals surface area contributed by atoms with Gasteiger partial charge >= 0.3 is 0 Å². The summed E-state index contributed by atoms with van der Waals surface area (Å²) in [5, 5.41) is 5.49. The molecule has 2 aromatic carbocycles. The van der Waals surface area contributed by atoms with Crippen molar-refractivity contribution in [3.05, 3.63) is 63.6 Å². The molecule has 5 nitrogen and oxygen atoms in total. The molecule has 3 N–H and O–H groups in total. The number of carbonyl (C=O) groups excluding carboxylic acids is 2. The maximum absolute atomic E-state index is 12.0. The van der Waals surface area contributed by atoms with E-state index in [9.17, 15) is 9.59 Å². The van der Waals surface area contributed by atoms with Gasteiger partial charge in [-0.2, -0.15) is 0 Å². The Bertz CT molecular complexity index is 775.